The second kappa shape index (κ2) is 7.84. The number of hydrogen-bond acceptors (Lipinski definition) is 5. The first kappa shape index (κ1) is 19.3. The number of carbonyl (C=O) groups is 1. The Labute approximate surface area is 181 Å². The molecule has 0 bridgehead atoms. The average Bonchev–Trinajstić information content (AvgIpc) is 3.44. The number of carbonyl (C=O) groups excluding carboxylic acids is 1. The fourth-order valence-corrected chi connectivity index (χ4v) is 3.69. The van der Waals surface area contributed by atoms with Crippen LogP contribution in [-0.4, -0.2) is 31.0 Å². The number of halogens is 2. The Hall–Kier alpha value is -3.72. The van der Waals surface area contributed by atoms with E-state index in [-0.39, 0.29) is 22.8 Å². The van der Waals surface area contributed by atoms with E-state index in [9.17, 15) is 9.18 Å². The highest BCUT2D eigenvalue weighted by atomic mass is 35.5. The highest BCUT2D eigenvalue weighted by molar-refractivity contribution is 6.31. The van der Waals surface area contributed by atoms with Gasteiger partial charge in [0, 0.05) is 17.7 Å². The van der Waals surface area contributed by atoms with Crippen molar-refractivity contribution in [1.82, 2.24) is 25.0 Å². The van der Waals surface area contributed by atoms with Gasteiger partial charge in [0.05, 0.1) is 29.3 Å². The lowest BCUT2D eigenvalue weighted by atomic mass is 10.0. The minimum Gasteiger partial charge on any atom is -0.347 e. The van der Waals surface area contributed by atoms with Crippen molar-refractivity contribution in [3.8, 4) is 11.4 Å². The Kier molecular flexibility index (Phi) is 4.87. The number of para-hydroxylation sites is 1. The number of aromatic nitrogens is 4. The molecule has 1 atom stereocenters. The summed E-state index contributed by atoms with van der Waals surface area (Å²) in [5, 5.41) is 6.85. The monoisotopic (exact) mass is 438 g/mol. The van der Waals surface area contributed by atoms with Crippen LogP contribution in [0.1, 0.15) is 23.3 Å². The zero-order valence-corrected chi connectivity index (χ0v) is 16.8. The largest absolute Gasteiger partial charge is 0.347 e. The molecule has 3 heterocycles. The van der Waals surface area contributed by atoms with Gasteiger partial charge < -0.3 is 19.7 Å². The number of imidazole rings is 1. The Morgan fingerprint density at radius 3 is 2.90 bits per heavy atom. The summed E-state index contributed by atoms with van der Waals surface area (Å²) in [7, 11) is 0. The van der Waals surface area contributed by atoms with Gasteiger partial charge in [-0.1, -0.05) is 35.0 Å². The number of benzene rings is 2. The fourth-order valence-electron chi connectivity index (χ4n) is 3.51. The smallest absolute Gasteiger partial charge is 0.322 e. The predicted molar refractivity (Wildman–Crippen MR) is 111 cm³/mol. The molecule has 156 valence electrons. The molecule has 0 saturated carbocycles. The number of anilines is 1. The molecule has 0 saturated heterocycles. The van der Waals surface area contributed by atoms with Crippen LogP contribution in [0.2, 0.25) is 5.02 Å². The molecule has 1 aliphatic heterocycles. The highest BCUT2D eigenvalue weighted by Crippen LogP contribution is 2.33. The molecule has 31 heavy (non-hydrogen) atoms. The predicted octanol–water partition coefficient (Wildman–Crippen LogP) is 4.58. The Morgan fingerprint density at radius 1 is 1.26 bits per heavy atom. The van der Waals surface area contributed by atoms with Gasteiger partial charge in [0.15, 0.2) is 0 Å². The van der Waals surface area contributed by atoms with Gasteiger partial charge in [0.25, 0.3) is 0 Å². The normalized spacial score (nSPS) is 15.5. The summed E-state index contributed by atoms with van der Waals surface area (Å²) in [4.78, 5) is 26.5. The van der Waals surface area contributed by atoms with Gasteiger partial charge in [-0.05, 0) is 30.3 Å². The molecule has 0 spiro atoms. The average molecular weight is 439 g/mol. The van der Waals surface area contributed by atoms with Gasteiger partial charge >= 0.3 is 6.03 Å². The Morgan fingerprint density at radius 2 is 2.10 bits per heavy atom. The number of amides is 2. The van der Waals surface area contributed by atoms with Crippen LogP contribution in [0.4, 0.5) is 14.9 Å². The molecule has 2 aromatic heterocycles. The third-order valence-electron chi connectivity index (χ3n) is 5.09. The molecule has 1 unspecified atom stereocenters. The zero-order chi connectivity index (χ0) is 21.4. The molecule has 0 fully saturated rings. The van der Waals surface area contributed by atoms with Crippen LogP contribution in [0.3, 0.4) is 0 Å². The molecule has 0 radical (unpaired) electrons. The summed E-state index contributed by atoms with van der Waals surface area (Å²) in [5.41, 5.74) is 2.87. The van der Waals surface area contributed by atoms with Crippen LogP contribution in [-0.2, 0) is 13.0 Å². The van der Waals surface area contributed by atoms with Gasteiger partial charge in [-0.2, -0.15) is 4.98 Å². The van der Waals surface area contributed by atoms with E-state index in [2.05, 4.69) is 25.4 Å². The minimum atomic E-state index is -0.531. The molecule has 2 aromatic carbocycles. The maximum absolute atomic E-state index is 13.5. The van der Waals surface area contributed by atoms with Crippen molar-refractivity contribution in [2.45, 2.75) is 19.0 Å². The van der Waals surface area contributed by atoms with Crippen molar-refractivity contribution in [1.29, 1.82) is 0 Å². The van der Waals surface area contributed by atoms with Crippen LogP contribution in [0.5, 0.6) is 0 Å². The first-order valence-corrected chi connectivity index (χ1v) is 9.89. The first-order chi connectivity index (χ1) is 15.1. The van der Waals surface area contributed by atoms with Gasteiger partial charge in [-0.25, -0.2) is 14.2 Å². The lowest BCUT2D eigenvalue weighted by Gasteiger charge is -2.32. The highest BCUT2D eigenvalue weighted by Gasteiger charge is 2.36. The molecule has 10 heteroatoms. The molecule has 2 amide bonds. The van der Waals surface area contributed by atoms with Crippen molar-refractivity contribution in [3.05, 3.63) is 83.0 Å². The maximum Gasteiger partial charge on any atom is 0.322 e. The molecule has 1 aliphatic rings. The summed E-state index contributed by atoms with van der Waals surface area (Å²) in [6.07, 6.45) is 2.01. The number of urea groups is 1. The van der Waals surface area contributed by atoms with Crippen LogP contribution in [0.25, 0.3) is 11.4 Å². The molecule has 5 rings (SSSR count). The molecule has 2 N–H and O–H groups in total. The van der Waals surface area contributed by atoms with Gasteiger partial charge in [-0.3, -0.25) is 0 Å². The molecule has 0 aliphatic carbocycles. The van der Waals surface area contributed by atoms with E-state index in [1.165, 1.54) is 18.2 Å². The topological polar surface area (TPSA) is 99.9 Å². The second-order valence-electron chi connectivity index (χ2n) is 7.06. The van der Waals surface area contributed by atoms with Gasteiger partial charge in [0.1, 0.15) is 11.9 Å². The van der Waals surface area contributed by atoms with Crippen molar-refractivity contribution in [2.24, 2.45) is 0 Å². The summed E-state index contributed by atoms with van der Waals surface area (Å²) in [6.45, 7) is 0.304. The number of nitrogens with zero attached hydrogens (tertiary/aromatic N) is 4. The van der Waals surface area contributed by atoms with Crippen LogP contribution < -0.4 is 5.32 Å². The lowest BCUT2D eigenvalue weighted by molar-refractivity contribution is 0.155. The van der Waals surface area contributed by atoms with Gasteiger partial charge in [0.2, 0.25) is 11.7 Å². The van der Waals surface area contributed by atoms with E-state index in [4.69, 9.17) is 16.1 Å². The van der Waals surface area contributed by atoms with Gasteiger partial charge in [-0.15, -0.1) is 0 Å². The first-order valence-electron chi connectivity index (χ1n) is 9.51. The molecular formula is C21H16ClFN6O2. The summed E-state index contributed by atoms with van der Waals surface area (Å²) < 4.78 is 19.0. The fraction of sp³-hybridized carbons (Fsp3) is 0.143. The Balaban J connectivity index is 1.46. The minimum absolute atomic E-state index is 0.0356. The van der Waals surface area contributed by atoms with Crippen molar-refractivity contribution >= 4 is 23.3 Å². The quantitative estimate of drug-likeness (QED) is 0.487. The van der Waals surface area contributed by atoms with Crippen LogP contribution in [0.15, 0.2) is 59.4 Å². The SMILES string of the molecule is O=C(Nc1ccccc1)N1Cc2[nH]cnc2CC1c1nc(-c2ccc(F)c(Cl)c2)no1. The number of fused-ring (bicyclic) bond motifs is 1. The lowest BCUT2D eigenvalue weighted by Crippen LogP contribution is -2.41. The number of H-pyrrole nitrogens is 1. The second-order valence-corrected chi connectivity index (χ2v) is 7.46. The van der Waals surface area contributed by atoms with E-state index in [0.717, 1.165) is 11.4 Å². The summed E-state index contributed by atoms with van der Waals surface area (Å²) in [6, 6.07) is 12.5. The van der Waals surface area contributed by atoms with Crippen LogP contribution >= 0.6 is 11.6 Å². The van der Waals surface area contributed by atoms with Crippen LogP contribution in [0, 0.1) is 5.82 Å². The molecule has 8 nitrogen and oxygen atoms in total. The number of hydrogen-bond donors (Lipinski definition) is 2. The third-order valence-corrected chi connectivity index (χ3v) is 5.38. The van der Waals surface area contributed by atoms with E-state index >= 15 is 0 Å². The number of nitrogens with one attached hydrogen (secondary N) is 2. The zero-order valence-electron chi connectivity index (χ0n) is 16.0. The number of aromatic amines is 1. The molecular weight excluding hydrogens is 423 g/mol. The van der Waals surface area contributed by atoms with E-state index in [0.29, 0.717) is 24.2 Å². The van der Waals surface area contributed by atoms with Crippen molar-refractivity contribution < 1.29 is 13.7 Å². The Bertz CT molecular complexity index is 1240. The maximum atomic E-state index is 13.5. The summed E-state index contributed by atoms with van der Waals surface area (Å²) >= 11 is 5.87. The molecule has 4 aromatic rings. The third kappa shape index (κ3) is 3.75. The van der Waals surface area contributed by atoms with Crippen molar-refractivity contribution in [3.63, 3.8) is 0 Å². The van der Waals surface area contributed by atoms with E-state index in [1.807, 2.05) is 30.3 Å². The standard InChI is InChI=1S/C21H16ClFN6O2/c22-14-8-12(6-7-15(14)23)19-27-20(31-28-19)18-9-16-17(25-11-24-16)10-29(18)21(30)26-13-4-2-1-3-5-13/h1-8,11,18H,9-10H2,(H,24,25)(H,26,30). The number of rotatable bonds is 3. The van der Waals surface area contributed by atoms with Crippen molar-refractivity contribution in [2.75, 3.05) is 5.32 Å². The van der Waals surface area contributed by atoms with E-state index < -0.39 is 11.9 Å². The summed E-state index contributed by atoms with van der Waals surface area (Å²) in [5.74, 6) is -0.0170. The van der Waals surface area contributed by atoms with E-state index in [1.54, 1.807) is 11.2 Å².